The zero-order valence-corrected chi connectivity index (χ0v) is 13.7. The summed E-state index contributed by atoms with van der Waals surface area (Å²) in [7, 11) is 0. The lowest BCUT2D eigenvalue weighted by Gasteiger charge is -2.11. The second-order valence-electron chi connectivity index (χ2n) is 6.09. The van der Waals surface area contributed by atoms with Crippen LogP contribution in [0.3, 0.4) is 0 Å². The number of carbonyl (C=O) groups excluding carboxylic acids is 1. The zero-order chi connectivity index (χ0) is 18.1. The number of rotatable bonds is 3. The van der Waals surface area contributed by atoms with Crippen molar-refractivity contribution in [3.63, 3.8) is 0 Å². The fourth-order valence-electron chi connectivity index (χ4n) is 2.68. The van der Waals surface area contributed by atoms with Gasteiger partial charge in [0.05, 0.1) is 5.52 Å². The second kappa shape index (κ2) is 6.47. The van der Waals surface area contributed by atoms with Gasteiger partial charge in [-0.15, -0.1) is 0 Å². The molecule has 128 valence electrons. The first-order valence-corrected chi connectivity index (χ1v) is 7.78. The number of nitrogens with one attached hydrogen (secondary N) is 2. The molecule has 25 heavy (non-hydrogen) atoms. The molecule has 0 aliphatic heterocycles. The van der Waals surface area contributed by atoms with Crippen LogP contribution in [0.25, 0.3) is 10.9 Å². The first-order chi connectivity index (χ1) is 11.8. The van der Waals surface area contributed by atoms with Crippen molar-refractivity contribution >= 4 is 22.5 Å². The van der Waals surface area contributed by atoms with E-state index in [0.717, 1.165) is 23.1 Å². The van der Waals surface area contributed by atoms with Gasteiger partial charge < -0.3 is 10.3 Å². The van der Waals surface area contributed by atoms with Gasteiger partial charge in [0, 0.05) is 22.7 Å². The van der Waals surface area contributed by atoms with E-state index in [4.69, 9.17) is 0 Å². The normalized spacial score (nSPS) is 11.1. The van der Waals surface area contributed by atoms with Crippen molar-refractivity contribution in [2.75, 3.05) is 5.32 Å². The van der Waals surface area contributed by atoms with Gasteiger partial charge >= 0.3 is 0 Å². The van der Waals surface area contributed by atoms with Crippen LogP contribution in [-0.4, -0.2) is 10.9 Å². The van der Waals surface area contributed by atoms with Gasteiger partial charge in [-0.25, -0.2) is 8.78 Å². The standard InChI is InChI=1S/C19H16F2N2O2/c1-10(2)14-9-18(24)23-17-8-12(4-5-13(14)17)22-19(25)11-3-6-15(20)16(21)7-11/h3-10H,1-2H3,(H,22,25)(H,23,24). The third-order valence-electron chi connectivity index (χ3n) is 3.94. The number of pyridine rings is 1. The van der Waals surface area contributed by atoms with Crippen LogP contribution in [-0.2, 0) is 0 Å². The Morgan fingerprint density at radius 1 is 1.04 bits per heavy atom. The third-order valence-corrected chi connectivity index (χ3v) is 3.94. The molecule has 0 bridgehead atoms. The predicted octanol–water partition coefficient (Wildman–Crippen LogP) is 4.18. The topological polar surface area (TPSA) is 62.0 Å². The Morgan fingerprint density at radius 2 is 1.80 bits per heavy atom. The lowest BCUT2D eigenvalue weighted by Crippen LogP contribution is -2.13. The van der Waals surface area contributed by atoms with Crippen LogP contribution in [0, 0.1) is 11.6 Å². The molecular formula is C19H16F2N2O2. The summed E-state index contributed by atoms with van der Waals surface area (Å²) < 4.78 is 26.2. The maximum absolute atomic E-state index is 13.3. The van der Waals surface area contributed by atoms with Crippen molar-refractivity contribution in [2.45, 2.75) is 19.8 Å². The van der Waals surface area contributed by atoms with Gasteiger partial charge in [-0.1, -0.05) is 19.9 Å². The molecule has 1 amide bonds. The largest absolute Gasteiger partial charge is 0.322 e. The molecule has 3 rings (SSSR count). The minimum atomic E-state index is -1.09. The summed E-state index contributed by atoms with van der Waals surface area (Å²) in [6, 6.07) is 9.65. The number of benzene rings is 2. The lowest BCUT2D eigenvalue weighted by atomic mass is 9.99. The van der Waals surface area contributed by atoms with Crippen molar-refractivity contribution in [1.82, 2.24) is 4.98 Å². The van der Waals surface area contributed by atoms with Gasteiger partial charge in [0.1, 0.15) is 0 Å². The average molecular weight is 342 g/mol. The van der Waals surface area contributed by atoms with Crippen LogP contribution < -0.4 is 10.9 Å². The zero-order valence-electron chi connectivity index (χ0n) is 13.7. The summed E-state index contributed by atoms with van der Waals surface area (Å²) in [6.07, 6.45) is 0. The van der Waals surface area contributed by atoms with Crippen LogP contribution in [0.1, 0.15) is 35.7 Å². The van der Waals surface area contributed by atoms with E-state index < -0.39 is 17.5 Å². The minimum absolute atomic E-state index is 0.00317. The summed E-state index contributed by atoms with van der Waals surface area (Å²) in [5.41, 5.74) is 1.74. The van der Waals surface area contributed by atoms with E-state index in [0.29, 0.717) is 11.2 Å². The van der Waals surface area contributed by atoms with Crippen LogP contribution in [0.4, 0.5) is 14.5 Å². The van der Waals surface area contributed by atoms with Gasteiger partial charge in [0.2, 0.25) is 5.56 Å². The third kappa shape index (κ3) is 3.42. The molecule has 1 heterocycles. The van der Waals surface area contributed by atoms with E-state index in [1.165, 1.54) is 6.07 Å². The first kappa shape index (κ1) is 16.8. The number of hydrogen-bond acceptors (Lipinski definition) is 2. The molecular weight excluding hydrogens is 326 g/mol. The van der Waals surface area contributed by atoms with Crippen molar-refractivity contribution in [2.24, 2.45) is 0 Å². The predicted molar refractivity (Wildman–Crippen MR) is 93.0 cm³/mol. The van der Waals surface area contributed by atoms with E-state index >= 15 is 0 Å². The second-order valence-corrected chi connectivity index (χ2v) is 6.09. The Labute approximate surface area is 142 Å². The van der Waals surface area contributed by atoms with Crippen molar-refractivity contribution in [3.8, 4) is 0 Å². The Balaban J connectivity index is 1.95. The lowest BCUT2D eigenvalue weighted by molar-refractivity contribution is 0.102. The van der Waals surface area contributed by atoms with E-state index in [1.54, 1.807) is 18.2 Å². The SMILES string of the molecule is CC(C)c1cc(=O)[nH]c2cc(NC(=O)c3ccc(F)c(F)c3)ccc12. The Bertz CT molecular complexity index is 1030. The molecule has 0 atom stereocenters. The molecule has 0 spiro atoms. The number of carbonyl (C=O) groups is 1. The summed E-state index contributed by atoms with van der Waals surface area (Å²) >= 11 is 0. The monoisotopic (exact) mass is 342 g/mol. The number of hydrogen-bond donors (Lipinski definition) is 2. The molecule has 2 N–H and O–H groups in total. The number of H-pyrrole nitrogens is 1. The quantitative estimate of drug-likeness (QED) is 0.750. The average Bonchev–Trinajstić information content (AvgIpc) is 2.56. The molecule has 6 heteroatoms. The Morgan fingerprint density at radius 3 is 2.48 bits per heavy atom. The number of aromatic nitrogens is 1. The van der Waals surface area contributed by atoms with Gasteiger partial charge in [-0.3, -0.25) is 9.59 Å². The molecule has 1 aromatic heterocycles. The minimum Gasteiger partial charge on any atom is -0.322 e. The molecule has 3 aromatic rings. The molecule has 4 nitrogen and oxygen atoms in total. The van der Waals surface area contributed by atoms with Crippen LogP contribution >= 0.6 is 0 Å². The smallest absolute Gasteiger partial charge is 0.255 e. The summed E-state index contributed by atoms with van der Waals surface area (Å²) in [6.45, 7) is 3.99. The fourth-order valence-corrected chi connectivity index (χ4v) is 2.68. The van der Waals surface area contributed by atoms with Crippen LogP contribution in [0.2, 0.25) is 0 Å². The fraction of sp³-hybridized carbons (Fsp3) is 0.158. The van der Waals surface area contributed by atoms with Gasteiger partial charge in [-0.05, 0) is 41.8 Å². The molecule has 0 radical (unpaired) electrons. The maximum Gasteiger partial charge on any atom is 0.255 e. The van der Waals surface area contributed by atoms with Gasteiger partial charge in [-0.2, -0.15) is 0 Å². The highest BCUT2D eigenvalue weighted by atomic mass is 19.2. The van der Waals surface area contributed by atoms with Crippen LogP contribution in [0.5, 0.6) is 0 Å². The number of amides is 1. The number of aromatic amines is 1. The van der Waals surface area contributed by atoms with Crippen molar-refractivity contribution < 1.29 is 13.6 Å². The molecule has 0 aliphatic rings. The molecule has 0 saturated carbocycles. The van der Waals surface area contributed by atoms with E-state index in [1.807, 2.05) is 19.9 Å². The van der Waals surface area contributed by atoms with Gasteiger partial charge in [0.15, 0.2) is 11.6 Å². The maximum atomic E-state index is 13.3. The number of halogens is 2. The Hall–Kier alpha value is -3.02. The highest BCUT2D eigenvalue weighted by Crippen LogP contribution is 2.25. The van der Waals surface area contributed by atoms with Crippen molar-refractivity contribution in [3.05, 3.63) is 75.6 Å². The number of fused-ring (bicyclic) bond motifs is 1. The van der Waals surface area contributed by atoms with Crippen LogP contribution in [0.15, 0.2) is 47.3 Å². The molecule has 0 fully saturated rings. The number of anilines is 1. The highest BCUT2D eigenvalue weighted by molar-refractivity contribution is 6.05. The summed E-state index contributed by atoms with van der Waals surface area (Å²) in [4.78, 5) is 26.7. The summed E-state index contributed by atoms with van der Waals surface area (Å²) in [5, 5.41) is 3.50. The first-order valence-electron chi connectivity index (χ1n) is 7.78. The van der Waals surface area contributed by atoms with E-state index in [-0.39, 0.29) is 17.0 Å². The summed E-state index contributed by atoms with van der Waals surface area (Å²) in [5.74, 6) is -2.49. The van der Waals surface area contributed by atoms with E-state index in [2.05, 4.69) is 10.3 Å². The molecule has 2 aromatic carbocycles. The van der Waals surface area contributed by atoms with Gasteiger partial charge in [0.25, 0.3) is 5.91 Å². The van der Waals surface area contributed by atoms with Crippen molar-refractivity contribution in [1.29, 1.82) is 0 Å². The Kier molecular flexibility index (Phi) is 4.35. The molecule has 0 aliphatic carbocycles. The highest BCUT2D eigenvalue weighted by Gasteiger charge is 2.12. The molecule has 0 unspecified atom stereocenters. The van der Waals surface area contributed by atoms with E-state index in [9.17, 15) is 18.4 Å². The molecule has 0 saturated heterocycles.